The molecule has 2 atom stereocenters. The highest BCUT2D eigenvalue weighted by Gasteiger charge is 2.22. The van der Waals surface area contributed by atoms with Gasteiger partial charge in [-0.05, 0) is 129 Å². The molecule has 4 aromatic carbocycles. The first-order valence-corrected chi connectivity index (χ1v) is 29.4. The summed E-state index contributed by atoms with van der Waals surface area (Å²) >= 11 is 0. The van der Waals surface area contributed by atoms with Crippen molar-refractivity contribution >= 4 is 69.0 Å². The van der Waals surface area contributed by atoms with Crippen LogP contribution >= 0.6 is 0 Å². The molecular weight excluding hydrogens is 939 g/mol. The summed E-state index contributed by atoms with van der Waals surface area (Å²) < 4.78 is 101. The average Bonchev–Trinajstić information content (AvgIpc) is 3.31. The van der Waals surface area contributed by atoms with Crippen LogP contribution in [0.4, 0.5) is 28.4 Å². The van der Waals surface area contributed by atoms with Crippen LogP contribution in [-0.4, -0.2) is 72.8 Å². The number of hydrogen-bond donors (Lipinski definition) is 2. The smallest absolute Gasteiger partial charge is 0.178 e. The van der Waals surface area contributed by atoms with Crippen LogP contribution in [0.2, 0.25) is 0 Å². The number of phenols is 1. The van der Waals surface area contributed by atoms with E-state index in [9.17, 15) is 34.9 Å². The minimum absolute atomic E-state index is 0.0178. The first-order valence-electron chi connectivity index (χ1n) is 24.6. The largest absolute Gasteiger partial charge is 0.744 e. The van der Waals surface area contributed by atoms with E-state index in [1.807, 2.05) is 0 Å². The van der Waals surface area contributed by atoms with Gasteiger partial charge >= 0.3 is 0 Å². The van der Waals surface area contributed by atoms with Crippen molar-refractivity contribution in [1.82, 2.24) is 0 Å². The molecule has 2 unspecified atom stereocenters. The second-order valence-electron chi connectivity index (χ2n) is 17.9. The summed E-state index contributed by atoms with van der Waals surface area (Å²) in [5.74, 6) is 0.420. The van der Waals surface area contributed by atoms with E-state index in [2.05, 4.69) is 48.2 Å². The Morgan fingerprint density at radius 2 is 1.03 bits per heavy atom. The van der Waals surface area contributed by atoms with E-state index in [-0.39, 0.29) is 49.1 Å². The van der Waals surface area contributed by atoms with Crippen LogP contribution in [0.3, 0.4) is 0 Å². The number of aromatic hydroxyl groups is 1. The van der Waals surface area contributed by atoms with Gasteiger partial charge in [-0.25, -0.2) is 25.3 Å². The number of benzene rings is 4. The van der Waals surface area contributed by atoms with Crippen molar-refractivity contribution < 1.29 is 44.4 Å². The SMILES string of the molecule is CCCCC(CC)COCCCCCCS(=O)(=O)c1ccc(N=Nc2c(C)cc3cc(S(=O)(=O)[O-])c(N=Nc4ccc(S(=O)(=O)CCCCCCOCC(CC)CCCC)cc4)c(O)c3c2N)cc1. The molecule has 0 heterocycles. The zero-order chi connectivity index (χ0) is 50.5. The summed E-state index contributed by atoms with van der Waals surface area (Å²) in [7, 11) is -12.3. The number of rotatable bonds is 33. The molecule has 3 N–H and O–H groups in total. The number of unbranched alkanes of at least 4 members (excludes halogenated alkanes) is 8. The summed E-state index contributed by atoms with van der Waals surface area (Å²) in [4.78, 5) is -0.594. The van der Waals surface area contributed by atoms with Crippen LogP contribution in [0.5, 0.6) is 5.75 Å². The summed E-state index contributed by atoms with van der Waals surface area (Å²) in [5, 5.41) is 28.0. The third-order valence-corrected chi connectivity index (χ3v) is 16.9. The van der Waals surface area contributed by atoms with Crippen LogP contribution in [0.25, 0.3) is 10.8 Å². The molecule has 0 saturated heterocycles. The fourth-order valence-corrected chi connectivity index (χ4v) is 11.4. The lowest BCUT2D eigenvalue weighted by Crippen LogP contribution is -2.10. The van der Waals surface area contributed by atoms with Gasteiger partial charge in [0.15, 0.2) is 25.4 Å². The normalized spacial score (nSPS) is 13.5. The molecule has 0 aliphatic rings. The fraction of sp³-hybridized carbons (Fsp3) is 0.569. The van der Waals surface area contributed by atoms with Crippen LogP contribution in [0.15, 0.2) is 95.8 Å². The lowest BCUT2D eigenvalue weighted by molar-refractivity contribution is 0.0908. The number of aryl methyl sites for hydroxylation is 1. The van der Waals surface area contributed by atoms with E-state index in [4.69, 9.17) is 15.2 Å². The second-order valence-corrected chi connectivity index (χ2v) is 23.5. The summed E-state index contributed by atoms with van der Waals surface area (Å²) in [6.07, 6.45) is 15.4. The van der Waals surface area contributed by atoms with Crippen LogP contribution in [0.1, 0.15) is 136 Å². The molecule has 0 radical (unpaired) electrons. The number of ether oxygens (including phenoxy) is 2. The number of hydrogen-bond acceptors (Lipinski definition) is 15. The van der Waals surface area contributed by atoms with Crippen molar-refractivity contribution in [2.45, 2.75) is 152 Å². The standard InChI is InChI=1S/C51H75N5O10S3/c1-6-10-20-39(8-3)36-65-30-16-12-14-18-32-67(58,59)44-26-22-42(23-27-44)53-55-49-38(5)34-41-35-46(69(62,63)64)50(51(57)47(41)48(49)52)56-54-43-24-28-45(29-25-43)68(60,61)33-19-15-13-17-31-66-37-40(9-4)21-11-7-2/h22-29,34-35,39-40,57H,6-21,30-33,36-37,52H2,1-5H3,(H,62,63,64)/p-1. The predicted molar refractivity (Wildman–Crippen MR) is 273 cm³/mol. The quantitative estimate of drug-likeness (QED) is 0.0197. The molecule has 0 fully saturated rings. The van der Waals surface area contributed by atoms with Crippen molar-refractivity contribution in [3.63, 3.8) is 0 Å². The lowest BCUT2D eigenvalue weighted by atomic mass is 10.0. The Bertz CT molecular complexity index is 2620. The molecular formula is C51H74N5O10S3-. The summed E-state index contributed by atoms with van der Waals surface area (Å²) in [6.45, 7) is 13.3. The van der Waals surface area contributed by atoms with E-state index < -0.39 is 46.1 Å². The van der Waals surface area contributed by atoms with Crippen molar-refractivity contribution in [2.75, 3.05) is 43.7 Å². The molecule has 0 bridgehead atoms. The molecule has 69 heavy (non-hydrogen) atoms. The Labute approximate surface area is 411 Å². The Morgan fingerprint density at radius 3 is 1.45 bits per heavy atom. The first kappa shape index (κ1) is 57.3. The van der Waals surface area contributed by atoms with Gasteiger partial charge in [0.1, 0.15) is 21.5 Å². The third-order valence-electron chi connectivity index (χ3n) is 12.4. The molecule has 4 rings (SSSR count). The van der Waals surface area contributed by atoms with Gasteiger partial charge in [-0.3, -0.25) is 0 Å². The molecule has 15 nitrogen and oxygen atoms in total. The molecule has 0 aliphatic carbocycles. The van der Waals surface area contributed by atoms with Crippen molar-refractivity contribution in [3.8, 4) is 5.75 Å². The van der Waals surface area contributed by atoms with Gasteiger partial charge in [-0.15, -0.1) is 10.2 Å². The van der Waals surface area contributed by atoms with Crippen molar-refractivity contribution in [3.05, 3.63) is 66.2 Å². The van der Waals surface area contributed by atoms with Crippen LogP contribution in [-0.2, 0) is 39.3 Å². The first-order chi connectivity index (χ1) is 32.9. The van der Waals surface area contributed by atoms with E-state index in [1.165, 1.54) is 93.1 Å². The van der Waals surface area contributed by atoms with Gasteiger partial charge in [0.25, 0.3) is 0 Å². The highest BCUT2D eigenvalue weighted by Crippen LogP contribution is 2.47. The minimum Gasteiger partial charge on any atom is -0.744 e. The zero-order valence-electron chi connectivity index (χ0n) is 41.2. The van der Waals surface area contributed by atoms with Crippen molar-refractivity contribution in [1.29, 1.82) is 0 Å². The van der Waals surface area contributed by atoms with Gasteiger partial charge < -0.3 is 24.9 Å². The van der Waals surface area contributed by atoms with E-state index >= 15 is 0 Å². The number of phenolic OH excluding ortho intramolecular Hbond substituents is 1. The molecule has 0 saturated carbocycles. The molecule has 0 spiro atoms. The van der Waals surface area contributed by atoms with Crippen LogP contribution in [0, 0.1) is 18.8 Å². The highest BCUT2D eigenvalue weighted by molar-refractivity contribution is 7.91. The molecule has 382 valence electrons. The van der Waals surface area contributed by atoms with Crippen LogP contribution < -0.4 is 5.73 Å². The Kier molecular flexibility index (Phi) is 23.6. The monoisotopic (exact) mass is 1010 g/mol. The summed E-state index contributed by atoms with van der Waals surface area (Å²) in [6, 6.07) is 14.0. The maximum atomic E-state index is 13.1. The molecule has 0 aromatic heterocycles. The topological polar surface area (TPSA) is 240 Å². The second kappa shape index (κ2) is 28.5. The van der Waals surface area contributed by atoms with Gasteiger partial charge in [0.05, 0.1) is 48.6 Å². The molecule has 0 amide bonds. The maximum Gasteiger partial charge on any atom is 0.178 e. The number of anilines is 1. The maximum absolute atomic E-state index is 13.1. The van der Waals surface area contributed by atoms with Gasteiger partial charge in [0, 0.05) is 26.4 Å². The van der Waals surface area contributed by atoms with E-state index in [0.717, 1.165) is 70.6 Å². The molecule has 0 aliphatic heterocycles. The lowest BCUT2D eigenvalue weighted by Gasteiger charge is -2.16. The number of nitrogen functional groups attached to an aromatic ring is 1. The Morgan fingerprint density at radius 1 is 0.594 bits per heavy atom. The molecule has 4 aromatic rings. The van der Waals surface area contributed by atoms with E-state index in [1.54, 1.807) is 6.92 Å². The minimum atomic E-state index is -5.20. The van der Waals surface area contributed by atoms with Gasteiger partial charge in [-0.1, -0.05) is 91.9 Å². The zero-order valence-corrected chi connectivity index (χ0v) is 43.6. The summed E-state index contributed by atoms with van der Waals surface area (Å²) in [5.41, 5.74) is 6.79. The van der Waals surface area contributed by atoms with Gasteiger partial charge in [0.2, 0.25) is 0 Å². The highest BCUT2D eigenvalue weighted by atomic mass is 32.2. The fourth-order valence-electron chi connectivity index (χ4n) is 7.99. The van der Waals surface area contributed by atoms with Crippen molar-refractivity contribution in [2.24, 2.45) is 32.3 Å². The number of nitrogens with two attached hydrogens (primary N) is 1. The van der Waals surface area contributed by atoms with E-state index in [0.29, 0.717) is 49.1 Å². The number of azo groups is 2. The predicted octanol–water partition coefficient (Wildman–Crippen LogP) is 13.3. The third kappa shape index (κ3) is 18.1. The molecule has 18 heteroatoms. The Balaban J connectivity index is 1.38. The van der Waals surface area contributed by atoms with Gasteiger partial charge in [-0.2, -0.15) is 10.2 Å². The average molecular weight is 1010 g/mol. The number of nitrogens with zero attached hydrogens (tertiary/aromatic N) is 4. The Hall–Kier alpha value is -4.33. The number of sulfone groups is 2. The number of fused-ring (bicyclic) bond motifs is 1.